The van der Waals surface area contributed by atoms with E-state index in [4.69, 9.17) is 16.3 Å². The smallest absolute Gasteiger partial charge is 0.349 e. The number of hydrogen-bond acceptors (Lipinski definition) is 4. The molecule has 0 saturated carbocycles. The number of carbonyl (C=O) groups excluding carboxylic acids is 1. The molecule has 0 aliphatic heterocycles. The second-order valence-electron chi connectivity index (χ2n) is 4.99. The maximum atomic E-state index is 12.2. The number of esters is 1. The summed E-state index contributed by atoms with van der Waals surface area (Å²) in [4.78, 5) is 16.7. The number of hydrogen-bond donors (Lipinski definition) is 0. The van der Waals surface area contributed by atoms with Crippen molar-refractivity contribution < 1.29 is 9.53 Å². The number of rotatable bonds is 4. The minimum atomic E-state index is -0.368. The summed E-state index contributed by atoms with van der Waals surface area (Å²) in [6.07, 6.45) is 4.12. The Morgan fingerprint density at radius 3 is 3.00 bits per heavy atom. The van der Waals surface area contributed by atoms with Crippen LogP contribution >= 0.6 is 22.9 Å². The van der Waals surface area contributed by atoms with Crippen LogP contribution in [0.1, 0.15) is 20.8 Å². The second kappa shape index (κ2) is 6.46. The molecule has 3 rings (SSSR count). The largest absolute Gasteiger partial charge is 0.461 e. The number of pyridine rings is 1. The molecule has 3 nitrogen and oxygen atoms in total. The molecule has 0 atom stereocenters. The molecule has 0 amide bonds. The van der Waals surface area contributed by atoms with E-state index in [9.17, 15) is 4.79 Å². The third-order valence-corrected chi connectivity index (χ3v) is 4.95. The van der Waals surface area contributed by atoms with Crippen molar-refractivity contribution in [3.05, 3.63) is 63.8 Å². The van der Waals surface area contributed by atoms with Crippen LogP contribution in [0, 0.1) is 6.92 Å². The zero-order chi connectivity index (χ0) is 15.5. The Morgan fingerprint density at radius 1 is 1.36 bits per heavy atom. The summed E-state index contributed by atoms with van der Waals surface area (Å²) < 4.78 is 6.34. The Hall–Kier alpha value is -1.91. The minimum Gasteiger partial charge on any atom is -0.461 e. The molecule has 0 unspecified atom stereocenters. The summed E-state index contributed by atoms with van der Waals surface area (Å²) >= 11 is 7.67. The summed E-state index contributed by atoms with van der Waals surface area (Å²) in [7, 11) is 0. The molecule has 0 saturated heterocycles. The Balaban J connectivity index is 1.71. The first-order chi connectivity index (χ1) is 10.6. The third-order valence-electron chi connectivity index (χ3n) is 3.32. The molecule has 0 N–H and O–H groups in total. The number of nitrogens with zero attached hydrogens (tertiary/aromatic N) is 1. The lowest BCUT2D eigenvalue weighted by Crippen LogP contribution is -2.07. The number of ether oxygens (including phenoxy) is 1. The lowest BCUT2D eigenvalue weighted by Gasteiger charge is -2.03. The number of carbonyl (C=O) groups is 1. The first kappa shape index (κ1) is 15.0. The van der Waals surface area contributed by atoms with Gasteiger partial charge in [0.25, 0.3) is 0 Å². The number of halogens is 1. The minimum absolute atomic E-state index is 0.314. The highest BCUT2D eigenvalue weighted by molar-refractivity contribution is 7.21. The summed E-state index contributed by atoms with van der Waals surface area (Å²) in [6.45, 7) is 2.33. The molecule has 2 heterocycles. The Morgan fingerprint density at radius 2 is 2.23 bits per heavy atom. The van der Waals surface area contributed by atoms with E-state index in [1.54, 1.807) is 12.4 Å². The Bertz CT molecular complexity index is 814. The lowest BCUT2D eigenvalue weighted by molar-refractivity contribution is 0.0515. The van der Waals surface area contributed by atoms with E-state index in [-0.39, 0.29) is 5.97 Å². The van der Waals surface area contributed by atoms with Gasteiger partial charge >= 0.3 is 5.97 Å². The van der Waals surface area contributed by atoms with E-state index < -0.39 is 0 Å². The van der Waals surface area contributed by atoms with E-state index in [0.717, 1.165) is 21.2 Å². The van der Waals surface area contributed by atoms with Crippen molar-refractivity contribution in [1.29, 1.82) is 0 Å². The van der Waals surface area contributed by atoms with Crippen LogP contribution in [0.5, 0.6) is 0 Å². The van der Waals surface area contributed by atoms with Crippen LogP contribution in [-0.2, 0) is 11.2 Å². The van der Waals surface area contributed by atoms with Gasteiger partial charge < -0.3 is 4.74 Å². The van der Waals surface area contributed by atoms with E-state index in [0.29, 0.717) is 22.9 Å². The maximum absolute atomic E-state index is 12.2. The molecule has 0 spiro atoms. The van der Waals surface area contributed by atoms with Gasteiger partial charge in [-0.05, 0) is 30.2 Å². The van der Waals surface area contributed by atoms with E-state index in [1.165, 1.54) is 11.3 Å². The number of thiophene rings is 1. The average molecular weight is 332 g/mol. The molecule has 0 fully saturated rings. The van der Waals surface area contributed by atoms with Crippen LogP contribution in [0.3, 0.4) is 0 Å². The van der Waals surface area contributed by atoms with Crippen molar-refractivity contribution in [2.24, 2.45) is 0 Å². The molecular formula is C17H14ClNO2S. The highest BCUT2D eigenvalue weighted by Crippen LogP contribution is 2.36. The molecule has 0 aliphatic rings. The molecule has 2 aromatic heterocycles. The summed E-state index contributed by atoms with van der Waals surface area (Å²) in [5.74, 6) is -0.368. The van der Waals surface area contributed by atoms with E-state index >= 15 is 0 Å². The van der Waals surface area contributed by atoms with Gasteiger partial charge in [0.2, 0.25) is 0 Å². The van der Waals surface area contributed by atoms with Gasteiger partial charge in [-0.15, -0.1) is 11.3 Å². The topological polar surface area (TPSA) is 39.2 Å². The van der Waals surface area contributed by atoms with Crippen LogP contribution in [0.2, 0.25) is 5.02 Å². The zero-order valence-corrected chi connectivity index (χ0v) is 13.6. The monoisotopic (exact) mass is 331 g/mol. The van der Waals surface area contributed by atoms with Crippen LogP contribution in [0.4, 0.5) is 0 Å². The van der Waals surface area contributed by atoms with Gasteiger partial charge in [0.15, 0.2) is 0 Å². The van der Waals surface area contributed by atoms with E-state index in [2.05, 4.69) is 4.98 Å². The molecule has 0 bridgehead atoms. The van der Waals surface area contributed by atoms with E-state index in [1.807, 2.05) is 37.3 Å². The fraction of sp³-hybridized carbons (Fsp3) is 0.176. The first-order valence-electron chi connectivity index (χ1n) is 6.90. The predicted octanol–water partition coefficient (Wildman–Crippen LogP) is 4.66. The predicted molar refractivity (Wildman–Crippen MR) is 89.8 cm³/mol. The van der Waals surface area contributed by atoms with Crippen LogP contribution < -0.4 is 0 Å². The number of benzene rings is 1. The third kappa shape index (κ3) is 3.13. The maximum Gasteiger partial charge on any atom is 0.349 e. The molecule has 5 heteroatoms. The SMILES string of the molecule is Cc1ccc2c(Cl)c(C(=O)OCCc3cccnc3)sc2c1. The normalized spacial score (nSPS) is 10.8. The molecule has 0 radical (unpaired) electrons. The molecule has 0 aliphatic carbocycles. The second-order valence-corrected chi connectivity index (χ2v) is 6.42. The quantitative estimate of drug-likeness (QED) is 0.653. The summed E-state index contributed by atoms with van der Waals surface area (Å²) in [5.41, 5.74) is 2.18. The fourth-order valence-electron chi connectivity index (χ4n) is 2.18. The van der Waals surface area contributed by atoms with Gasteiger partial charge in [0.05, 0.1) is 11.6 Å². The van der Waals surface area contributed by atoms with Crippen molar-refractivity contribution in [2.75, 3.05) is 6.61 Å². The summed E-state index contributed by atoms with van der Waals surface area (Å²) in [5, 5.41) is 1.38. The van der Waals surface area contributed by atoms with Crippen LogP contribution in [0.15, 0.2) is 42.7 Å². The number of aromatic nitrogens is 1. The Labute approximate surface area is 137 Å². The first-order valence-corrected chi connectivity index (χ1v) is 8.09. The van der Waals surface area contributed by atoms with Crippen molar-refractivity contribution in [2.45, 2.75) is 13.3 Å². The number of aryl methyl sites for hydroxylation is 1. The van der Waals surface area contributed by atoms with Gasteiger partial charge in [-0.1, -0.05) is 29.8 Å². The van der Waals surface area contributed by atoms with Gasteiger partial charge in [0, 0.05) is 28.9 Å². The molecule has 1 aromatic carbocycles. The average Bonchev–Trinajstić information content (AvgIpc) is 2.84. The lowest BCUT2D eigenvalue weighted by atomic mass is 10.2. The zero-order valence-electron chi connectivity index (χ0n) is 12.0. The van der Waals surface area contributed by atoms with Crippen LogP contribution in [0.25, 0.3) is 10.1 Å². The van der Waals surface area contributed by atoms with Gasteiger partial charge in [0.1, 0.15) is 4.88 Å². The highest BCUT2D eigenvalue weighted by atomic mass is 35.5. The number of fused-ring (bicyclic) bond motifs is 1. The summed E-state index contributed by atoms with van der Waals surface area (Å²) in [6, 6.07) is 9.77. The van der Waals surface area contributed by atoms with Gasteiger partial charge in [-0.3, -0.25) is 4.98 Å². The van der Waals surface area contributed by atoms with Gasteiger partial charge in [-0.2, -0.15) is 0 Å². The highest BCUT2D eigenvalue weighted by Gasteiger charge is 2.18. The van der Waals surface area contributed by atoms with Crippen LogP contribution in [-0.4, -0.2) is 17.6 Å². The standard InChI is InChI=1S/C17H14ClNO2S/c1-11-4-5-13-14(9-11)22-16(15(13)18)17(20)21-8-6-12-3-2-7-19-10-12/h2-5,7,9-10H,6,8H2,1H3. The molecular weight excluding hydrogens is 318 g/mol. The molecule has 3 aromatic rings. The molecule has 112 valence electrons. The van der Waals surface area contributed by atoms with Crippen molar-refractivity contribution in [3.8, 4) is 0 Å². The van der Waals surface area contributed by atoms with Crippen molar-refractivity contribution in [1.82, 2.24) is 4.98 Å². The van der Waals surface area contributed by atoms with Crippen molar-refractivity contribution in [3.63, 3.8) is 0 Å². The molecule has 22 heavy (non-hydrogen) atoms. The Kier molecular flexibility index (Phi) is 4.41. The van der Waals surface area contributed by atoms with Gasteiger partial charge in [-0.25, -0.2) is 4.79 Å². The fourth-order valence-corrected chi connectivity index (χ4v) is 3.68. The van der Waals surface area contributed by atoms with Crippen molar-refractivity contribution >= 4 is 39.0 Å².